The molecule has 7 heteroatoms. The van der Waals surface area contributed by atoms with Gasteiger partial charge in [0.15, 0.2) is 0 Å². The number of aromatic nitrogens is 2. The van der Waals surface area contributed by atoms with Gasteiger partial charge in [-0.2, -0.15) is 0 Å². The Bertz CT molecular complexity index is 1120. The Balaban J connectivity index is 1.46. The minimum absolute atomic E-state index is 0.0238. The highest BCUT2D eigenvalue weighted by Gasteiger charge is 2.28. The van der Waals surface area contributed by atoms with Crippen LogP contribution in [-0.2, 0) is 9.59 Å². The summed E-state index contributed by atoms with van der Waals surface area (Å²) >= 11 is 0. The molecule has 2 atom stereocenters. The van der Waals surface area contributed by atoms with Gasteiger partial charge in [0.05, 0.1) is 23.9 Å². The summed E-state index contributed by atoms with van der Waals surface area (Å²) < 4.78 is 0. The molecule has 1 saturated heterocycles. The molecule has 1 aromatic heterocycles. The molecule has 7 nitrogen and oxygen atoms in total. The monoisotopic (exact) mass is 461 g/mol. The van der Waals surface area contributed by atoms with Crippen molar-refractivity contribution < 1.29 is 9.59 Å². The second-order valence-corrected chi connectivity index (χ2v) is 9.33. The van der Waals surface area contributed by atoms with Gasteiger partial charge in [-0.1, -0.05) is 49.2 Å². The number of carbonyl (C=O) groups is 2. The van der Waals surface area contributed by atoms with E-state index < -0.39 is 0 Å². The third-order valence-corrected chi connectivity index (χ3v) is 6.74. The molecule has 0 saturated carbocycles. The van der Waals surface area contributed by atoms with Gasteiger partial charge >= 0.3 is 0 Å². The summed E-state index contributed by atoms with van der Waals surface area (Å²) in [6, 6.07) is 14.5. The van der Waals surface area contributed by atoms with Gasteiger partial charge in [0.25, 0.3) is 0 Å². The number of hydrogen-bond donors (Lipinski definition) is 3. The highest BCUT2D eigenvalue weighted by Crippen LogP contribution is 2.26. The molecule has 34 heavy (non-hydrogen) atoms. The van der Waals surface area contributed by atoms with Crippen LogP contribution in [0.25, 0.3) is 22.0 Å². The first kappa shape index (κ1) is 24.0. The zero-order valence-electron chi connectivity index (χ0n) is 20.1. The normalized spacial score (nSPS) is 17.1. The maximum Gasteiger partial charge on any atom is 0.225 e. The Morgan fingerprint density at radius 1 is 1.15 bits per heavy atom. The number of fused-ring (bicyclic) bond motifs is 1. The van der Waals surface area contributed by atoms with Crippen LogP contribution in [0.3, 0.4) is 0 Å². The fraction of sp³-hybridized carbons (Fsp3) is 0.444. The van der Waals surface area contributed by atoms with Crippen LogP contribution >= 0.6 is 0 Å². The molecule has 180 valence electrons. The van der Waals surface area contributed by atoms with E-state index in [0.717, 1.165) is 62.3 Å². The van der Waals surface area contributed by atoms with E-state index in [4.69, 9.17) is 0 Å². The lowest BCUT2D eigenvalue weighted by atomic mass is 10.0. The van der Waals surface area contributed by atoms with E-state index in [2.05, 4.69) is 62.9 Å². The number of hydrogen-bond acceptors (Lipinski definition) is 4. The second-order valence-electron chi connectivity index (χ2n) is 9.33. The summed E-state index contributed by atoms with van der Waals surface area (Å²) in [4.78, 5) is 34.8. The van der Waals surface area contributed by atoms with Crippen LogP contribution in [0.15, 0.2) is 48.7 Å². The van der Waals surface area contributed by atoms with Gasteiger partial charge in [0, 0.05) is 25.6 Å². The van der Waals surface area contributed by atoms with Crippen LogP contribution in [-0.4, -0.2) is 53.9 Å². The Labute approximate surface area is 201 Å². The molecule has 1 aliphatic rings. The number of H-pyrrole nitrogens is 1. The van der Waals surface area contributed by atoms with E-state index in [0.29, 0.717) is 6.42 Å². The lowest BCUT2D eigenvalue weighted by Gasteiger charge is -2.19. The number of benzene rings is 2. The van der Waals surface area contributed by atoms with E-state index in [1.807, 2.05) is 18.3 Å². The molecule has 1 aliphatic heterocycles. The predicted molar refractivity (Wildman–Crippen MR) is 135 cm³/mol. The Hall–Kier alpha value is -3.19. The lowest BCUT2D eigenvalue weighted by molar-refractivity contribution is -0.125. The van der Waals surface area contributed by atoms with Crippen LogP contribution in [0.2, 0.25) is 0 Å². The summed E-state index contributed by atoms with van der Waals surface area (Å²) in [6.07, 6.45) is 6.76. The van der Waals surface area contributed by atoms with Crippen molar-refractivity contribution in [3.8, 4) is 11.3 Å². The SMILES string of the molecule is CNC(=O)CCCCCC(NC(=O)C1CCN(C)C1)c1ncc(-c2ccc3ccccc3c2)[nH]1. The number of amides is 2. The van der Waals surface area contributed by atoms with Gasteiger partial charge in [0.1, 0.15) is 5.82 Å². The molecular weight excluding hydrogens is 426 g/mol. The molecule has 2 heterocycles. The highest BCUT2D eigenvalue weighted by atomic mass is 16.2. The number of likely N-dealkylation sites (tertiary alicyclic amines) is 1. The minimum atomic E-state index is -0.174. The topological polar surface area (TPSA) is 90.1 Å². The van der Waals surface area contributed by atoms with Crippen molar-refractivity contribution in [2.45, 2.75) is 44.6 Å². The van der Waals surface area contributed by atoms with Gasteiger partial charge < -0.3 is 20.5 Å². The number of imidazole rings is 1. The Morgan fingerprint density at radius 3 is 2.74 bits per heavy atom. The Kier molecular flexibility index (Phi) is 7.95. The predicted octanol–water partition coefficient (Wildman–Crippen LogP) is 4.04. The standard InChI is InChI=1S/C27H35N5O2/c1-28-25(33)11-5-3-4-10-23(31-27(34)22-14-15-32(2)18-22)26-29-17-24(30-26)21-13-12-19-8-6-7-9-20(19)16-21/h6-9,12-13,16-17,22-23H,3-5,10-11,14-15,18H2,1-2H3,(H,28,33)(H,29,30)(H,31,34). The fourth-order valence-electron chi connectivity index (χ4n) is 4.67. The van der Waals surface area contributed by atoms with E-state index >= 15 is 0 Å². The first-order chi connectivity index (χ1) is 16.5. The van der Waals surface area contributed by atoms with Gasteiger partial charge in [-0.05, 0) is 49.7 Å². The van der Waals surface area contributed by atoms with E-state index in [1.54, 1.807) is 7.05 Å². The van der Waals surface area contributed by atoms with E-state index in [9.17, 15) is 9.59 Å². The first-order valence-electron chi connectivity index (χ1n) is 12.3. The molecule has 1 fully saturated rings. The molecule has 3 aromatic rings. The summed E-state index contributed by atoms with van der Waals surface area (Å²) in [7, 11) is 3.72. The number of nitrogens with zero attached hydrogens (tertiary/aromatic N) is 2. The number of carbonyl (C=O) groups excluding carboxylic acids is 2. The molecule has 2 unspecified atom stereocenters. The van der Waals surface area contributed by atoms with Crippen molar-refractivity contribution in [2.75, 3.05) is 27.2 Å². The summed E-state index contributed by atoms with van der Waals surface area (Å²) in [5.74, 6) is 0.981. The number of nitrogens with one attached hydrogen (secondary N) is 3. The molecule has 2 amide bonds. The fourth-order valence-corrected chi connectivity index (χ4v) is 4.67. The second kappa shape index (κ2) is 11.3. The van der Waals surface area contributed by atoms with Crippen LogP contribution in [0, 0.1) is 5.92 Å². The van der Waals surface area contributed by atoms with Crippen molar-refractivity contribution in [3.05, 3.63) is 54.5 Å². The van der Waals surface area contributed by atoms with Gasteiger partial charge in [0.2, 0.25) is 11.8 Å². The molecule has 0 radical (unpaired) electrons. The third kappa shape index (κ3) is 6.03. The average Bonchev–Trinajstić information content (AvgIpc) is 3.52. The number of rotatable bonds is 10. The molecule has 2 aromatic carbocycles. The average molecular weight is 462 g/mol. The smallest absolute Gasteiger partial charge is 0.225 e. The largest absolute Gasteiger partial charge is 0.359 e. The summed E-state index contributed by atoms with van der Waals surface area (Å²) in [5.41, 5.74) is 2.02. The van der Waals surface area contributed by atoms with Gasteiger partial charge in [-0.25, -0.2) is 4.98 Å². The summed E-state index contributed by atoms with van der Waals surface area (Å²) in [5, 5.41) is 8.31. The first-order valence-corrected chi connectivity index (χ1v) is 12.3. The Morgan fingerprint density at radius 2 is 1.97 bits per heavy atom. The maximum absolute atomic E-state index is 13.0. The lowest BCUT2D eigenvalue weighted by Crippen LogP contribution is -2.35. The molecule has 0 bridgehead atoms. The minimum Gasteiger partial charge on any atom is -0.359 e. The molecule has 3 N–H and O–H groups in total. The van der Waals surface area contributed by atoms with Crippen molar-refractivity contribution in [1.82, 2.24) is 25.5 Å². The third-order valence-electron chi connectivity index (χ3n) is 6.74. The van der Waals surface area contributed by atoms with Crippen LogP contribution in [0.1, 0.15) is 50.4 Å². The maximum atomic E-state index is 13.0. The molecule has 4 rings (SSSR count). The summed E-state index contributed by atoms with van der Waals surface area (Å²) in [6.45, 7) is 1.75. The zero-order chi connectivity index (χ0) is 23.9. The van der Waals surface area contributed by atoms with Crippen molar-refractivity contribution in [3.63, 3.8) is 0 Å². The van der Waals surface area contributed by atoms with Gasteiger partial charge in [-0.3, -0.25) is 9.59 Å². The molecule has 0 aliphatic carbocycles. The van der Waals surface area contributed by atoms with Crippen LogP contribution in [0.4, 0.5) is 0 Å². The van der Waals surface area contributed by atoms with E-state index in [-0.39, 0.29) is 23.8 Å². The molecular formula is C27H35N5O2. The van der Waals surface area contributed by atoms with Gasteiger partial charge in [-0.15, -0.1) is 0 Å². The van der Waals surface area contributed by atoms with Crippen molar-refractivity contribution in [1.29, 1.82) is 0 Å². The van der Waals surface area contributed by atoms with Crippen LogP contribution < -0.4 is 10.6 Å². The number of unbranched alkanes of at least 4 members (excludes halogenated alkanes) is 2. The van der Waals surface area contributed by atoms with Crippen molar-refractivity contribution in [2.24, 2.45) is 5.92 Å². The highest BCUT2D eigenvalue weighted by molar-refractivity contribution is 5.86. The zero-order valence-corrected chi connectivity index (χ0v) is 20.1. The quantitative estimate of drug-likeness (QED) is 0.398. The molecule has 0 spiro atoms. The van der Waals surface area contributed by atoms with E-state index in [1.165, 1.54) is 10.8 Å². The number of aromatic amines is 1. The van der Waals surface area contributed by atoms with Crippen LogP contribution in [0.5, 0.6) is 0 Å². The van der Waals surface area contributed by atoms with Crippen molar-refractivity contribution >= 4 is 22.6 Å².